The lowest BCUT2D eigenvalue weighted by atomic mass is 10.2. The number of rotatable bonds is 5. The highest BCUT2D eigenvalue weighted by Gasteiger charge is 2.14. The third kappa shape index (κ3) is 4.28. The lowest BCUT2D eigenvalue weighted by Crippen LogP contribution is -2.18. The summed E-state index contributed by atoms with van der Waals surface area (Å²) >= 11 is 1.30. The predicted octanol–water partition coefficient (Wildman–Crippen LogP) is 3.45. The van der Waals surface area contributed by atoms with Crippen LogP contribution in [0.25, 0.3) is 10.8 Å². The molecule has 0 bridgehead atoms. The molecule has 2 heterocycles. The van der Waals surface area contributed by atoms with E-state index < -0.39 is 0 Å². The van der Waals surface area contributed by atoms with Crippen LogP contribution in [0.5, 0.6) is 0 Å². The Morgan fingerprint density at radius 3 is 2.42 bits per heavy atom. The Balaban J connectivity index is 1.70. The van der Waals surface area contributed by atoms with Crippen LogP contribution in [0.3, 0.4) is 0 Å². The van der Waals surface area contributed by atoms with E-state index in [1.54, 1.807) is 48.1 Å². The molecule has 0 unspecified atom stereocenters. The second-order valence-electron chi connectivity index (χ2n) is 5.79. The van der Waals surface area contributed by atoms with Gasteiger partial charge < -0.3 is 10.6 Å². The van der Waals surface area contributed by atoms with E-state index in [1.807, 2.05) is 13.8 Å². The van der Waals surface area contributed by atoms with Gasteiger partial charge in [-0.1, -0.05) is 19.9 Å². The molecule has 0 saturated heterocycles. The van der Waals surface area contributed by atoms with E-state index >= 15 is 0 Å². The van der Waals surface area contributed by atoms with Crippen LogP contribution in [0.2, 0.25) is 0 Å². The van der Waals surface area contributed by atoms with Crippen LogP contribution in [0.4, 0.5) is 11.4 Å². The molecule has 0 aliphatic heterocycles. The van der Waals surface area contributed by atoms with Crippen LogP contribution in [-0.4, -0.2) is 26.8 Å². The van der Waals surface area contributed by atoms with Gasteiger partial charge in [0.25, 0.3) is 5.91 Å². The second-order valence-corrected chi connectivity index (χ2v) is 6.65. The van der Waals surface area contributed by atoms with E-state index in [4.69, 9.17) is 0 Å². The van der Waals surface area contributed by atoms with Crippen molar-refractivity contribution in [2.45, 2.75) is 13.8 Å². The standard InChI is InChI=1S/C18H17N5O2S/c1-11(2)16(24)21-12-5-3-6-13(9-12)22-17(25)14-10-26-18(23-14)15-19-7-4-8-20-15/h3-11H,1-2H3,(H,21,24)(H,22,25). The number of anilines is 2. The number of hydrogen-bond donors (Lipinski definition) is 2. The predicted molar refractivity (Wildman–Crippen MR) is 101 cm³/mol. The van der Waals surface area contributed by atoms with Crippen molar-refractivity contribution in [3.63, 3.8) is 0 Å². The highest BCUT2D eigenvalue weighted by Crippen LogP contribution is 2.21. The van der Waals surface area contributed by atoms with Gasteiger partial charge >= 0.3 is 0 Å². The van der Waals surface area contributed by atoms with Gasteiger partial charge in [0.2, 0.25) is 5.91 Å². The third-order valence-electron chi connectivity index (χ3n) is 3.41. The Morgan fingerprint density at radius 2 is 1.73 bits per heavy atom. The molecule has 0 atom stereocenters. The molecule has 0 aliphatic carbocycles. The Kier molecular flexibility index (Phi) is 5.33. The monoisotopic (exact) mass is 367 g/mol. The summed E-state index contributed by atoms with van der Waals surface area (Å²) in [5, 5.41) is 7.81. The van der Waals surface area contributed by atoms with Gasteiger partial charge in [0.1, 0.15) is 5.69 Å². The zero-order chi connectivity index (χ0) is 18.5. The normalized spacial score (nSPS) is 10.6. The smallest absolute Gasteiger partial charge is 0.275 e. The van der Waals surface area contributed by atoms with Gasteiger partial charge in [-0.05, 0) is 24.3 Å². The largest absolute Gasteiger partial charge is 0.326 e. The van der Waals surface area contributed by atoms with Gasteiger partial charge in [0.15, 0.2) is 10.8 Å². The van der Waals surface area contributed by atoms with Crippen LogP contribution >= 0.6 is 11.3 Å². The zero-order valence-electron chi connectivity index (χ0n) is 14.3. The molecular formula is C18H17N5O2S. The fraction of sp³-hybridized carbons (Fsp3) is 0.167. The van der Waals surface area contributed by atoms with Crippen LogP contribution in [0.1, 0.15) is 24.3 Å². The summed E-state index contributed by atoms with van der Waals surface area (Å²) in [6.07, 6.45) is 3.25. The second kappa shape index (κ2) is 7.83. The number of carbonyl (C=O) groups is 2. The molecule has 2 aromatic heterocycles. The molecule has 26 heavy (non-hydrogen) atoms. The van der Waals surface area contributed by atoms with E-state index in [2.05, 4.69) is 25.6 Å². The first-order valence-corrected chi connectivity index (χ1v) is 8.86. The molecule has 0 radical (unpaired) electrons. The molecule has 132 valence electrons. The molecule has 7 nitrogen and oxygen atoms in total. The average molecular weight is 367 g/mol. The van der Waals surface area contributed by atoms with Crippen molar-refractivity contribution in [3.05, 3.63) is 53.8 Å². The van der Waals surface area contributed by atoms with E-state index in [1.165, 1.54) is 11.3 Å². The number of hydrogen-bond acceptors (Lipinski definition) is 6. The van der Waals surface area contributed by atoms with Gasteiger partial charge in [-0.15, -0.1) is 11.3 Å². The molecule has 0 fully saturated rings. The molecule has 0 spiro atoms. The minimum atomic E-state index is -0.337. The molecule has 1 aromatic carbocycles. The summed E-state index contributed by atoms with van der Waals surface area (Å²) < 4.78 is 0. The van der Waals surface area contributed by atoms with E-state index in [-0.39, 0.29) is 23.4 Å². The van der Waals surface area contributed by atoms with Crippen molar-refractivity contribution in [3.8, 4) is 10.8 Å². The number of thiazole rings is 1. The Labute approximate surface area is 154 Å². The van der Waals surface area contributed by atoms with Gasteiger partial charge in [0, 0.05) is 35.1 Å². The van der Waals surface area contributed by atoms with Gasteiger partial charge in [-0.2, -0.15) is 0 Å². The first kappa shape index (κ1) is 17.7. The van der Waals surface area contributed by atoms with Crippen LogP contribution < -0.4 is 10.6 Å². The number of benzene rings is 1. The maximum absolute atomic E-state index is 12.4. The molecule has 0 aliphatic rings. The summed E-state index contributed by atoms with van der Waals surface area (Å²) in [6, 6.07) is 8.69. The van der Waals surface area contributed by atoms with Crippen molar-refractivity contribution in [1.29, 1.82) is 0 Å². The first-order valence-electron chi connectivity index (χ1n) is 7.98. The van der Waals surface area contributed by atoms with Gasteiger partial charge in [-0.25, -0.2) is 15.0 Å². The van der Waals surface area contributed by atoms with E-state index in [0.717, 1.165) is 0 Å². The lowest BCUT2D eigenvalue weighted by Gasteiger charge is -2.09. The van der Waals surface area contributed by atoms with Crippen molar-refractivity contribution < 1.29 is 9.59 Å². The number of nitrogens with one attached hydrogen (secondary N) is 2. The van der Waals surface area contributed by atoms with Crippen molar-refractivity contribution in [1.82, 2.24) is 15.0 Å². The molecule has 0 saturated carbocycles. The highest BCUT2D eigenvalue weighted by molar-refractivity contribution is 7.13. The highest BCUT2D eigenvalue weighted by atomic mass is 32.1. The minimum absolute atomic E-state index is 0.0829. The maximum Gasteiger partial charge on any atom is 0.275 e. The summed E-state index contributed by atoms with van der Waals surface area (Å²) in [6.45, 7) is 3.63. The Bertz CT molecular complexity index is 924. The average Bonchev–Trinajstić information content (AvgIpc) is 3.13. The van der Waals surface area contributed by atoms with Crippen LogP contribution in [-0.2, 0) is 4.79 Å². The fourth-order valence-electron chi connectivity index (χ4n) is 2.05. The van der Waals surface area contributed by atoms with Crippen molar-refractivity contribution >= 4 is 34.5 Å². The number of nitrogens with zero attached hydrogens (tertiary/aromatic N) is 3. The van der Waals surface area contributed by atoms with Crippen molar-refractivity contribution in [2.24, 2.45) is 5.92 Å². The van der Waals surface area contributed by atoms with Crippen LogP contribution in [0, 0.1) is 5.92 Å². The van der Waals surface area contributed by atoms with Gasteiger partial charge in [0.05, 0.1) is 0 Å². The topological polar surface area (TPSA) is 96.9 Å². The summed E-state index contributed by atoms with van der Waals surface area (Å²) in [4.78, 5) is 36.7. The SMILES string of the molecule is CC(C)C(=O)Nc1cccc(NC(=O)c2csc(-c3ncccn3)n2)c1. The van der Waals surface area contributed by atoms with Gasteiger partial charge in [-0.3, -0.25) is 9.59 Å². The summed E-state index contributed by atoms with van der Waals surface area (Å²) in [7, 11) is 0. The fourth-order valence-corrected chi connectivity index (χ4v) is 2.79. The first-order chi connectivity index (χ1) is 12.5. The van der Waals surface area contributed by atoms with E-state index in [0.29, 0.717) is 22.2 Å². The Hall–Kier alpha value is -3.13. The molecule has 3 aromatic rings. The molecule has 2 amide bonds. The maximum atomic E-state index is 12.4. The van der Waals surface area contributed by atoms with E-state index in [9.17, 15) is 9.59 Å². The molecule has 3 rings (SSSR count). The molecule has 2 N–H and O–H groups in total. The Morgan fingerprint density at radius 1 is 1.04 bits per heavy atom. The number of amides is 2. The third-order valence-corrected chi connectivity index (χ3v) is 4.24. The minimum Gasteiger partial charge on any atom is -0.326 e. The molecule has 8 heteroatoms. The lowest BCUT2D eigenvalue weighted by molar-refractivity contribution is -0.118. The van der Waals surface area contributed by atoms with Crippen molar-refractivity contribution in [2.75, 3.05) is 10.6 Å². The quantitative estimate of drug-likeness (QED) is 0.720. The number of carbonyl (C=O) groups excluding carboxylic acids is 2. The summed E-state index contributed by atoms with van der Waals surface area (Å²) in [5.74, 6) is -0.0620. The zero-order valence-corrected chi connectivity index (χ0v) is 15.1. The number of aromatic nitrogens is 3. The summed E-state index contributed by atoms with van der Waals surface area (Å²) in [5.41, 5.74) is 1.48. The molecular weight excluding hydrogens is 350 g/mol. The van der Waals surface area contributed by atoms with Crippen LogP contribution in [0.15, 0.2) is 48.1 Å².